The van der Waals surface area contributed by atoms with Crippen molar-refractivity contribution in [1.82, 2.24) is 10.3 Å². The molecule has 0 unspecified atom stereocenters. The van der Waals surface area contributed by atoms with Gasteiger partial charge in [-0.3, -0.25) is 0 Å². The summed E-state index contributed by atoms with van der Waals surface area (Å²) in [4.78, 5) is 4.48. The van der Waals surface area contributed by atoms with E-state index in [4.69, 9.17) is 4.74 Å². The molecule has 0 saturated heterocycles. The molecule has 2 aromatic carbocycles. The minimum Gasteiger partial charge on any atom is -0.473 e. The summed E-state index contributed by atoms with van der Waals surface area (Å²) in [5.74, 6) is 0.643. The van der Waals surface area contributed by atoms with Gasteiger partial charge < -0.3 is 15.2 Å². The Morgan fingerprint density at radius 1 is 0.967 bits per heavy atom. The molecule has 0 spiro atoms. The van der Waals surface area contributed by atoms with Crippen molar-refractivity contribution in [2.24, 2.45) is 0 Å². The fraction of sp³-hybridized carbons (Fsp3) is 0.346. The molecular weight excluding hydrogens is 372 g/mol. The van der Waals surface area contributed by atoms with E-state index in [2.05, 4.69) is 65.8 Å². The molecule has 1 aromatic heterocycles. The second-order valence-electron chi connectivity index (χ2n) is 8.14. The number of pyridine rings is 1. The van der Waals surface area contributed by atoms with Crippen LogP contribution in [0.3, 0.4) is 0 Å². The van der Waals surface area contributed by atoms with Crippen LogP contribution in [0.15, 0.2) is 66.9 Å². The van der Waals surface area contributed by atoms with E-state index in [0.29, 0.717) is 18.5 Å². The highest BCUT2D eigenvalue weighted by molar-refractivity contribution is 5.68. The van der Waals surface area contributed by atoms with Crippen LogP contribution in [0.1, 0.15) is 42.4 Å². The molecule has 4 rings (SSSR count). The van der Waals surface area contributed by atoms with E-state index in [0.717, 1.165) is 37.8 Å². The summed E-state index contributed by atoms with van der Waals surface area (Å²) in [6.07, 6.45) is 5.64. The number of rotatable bonds is 7. The highest BCUT2D eigenvalue weighted by Crippen LogP contribution is 2.26. The molecule has 1 aliphatic rings. The Kier molecular flexibility index (Phi) is 6.77. The SMILES string of the molecule is Cc1c(COc2ccc(CNC3CCC(O)CC3)cn2)cccc1-c1ccccc1. The molecule has 0 radical (unpaired) electrons. The van der Waals surface area contributed by atoms with Crippen LogP contribution in [-0.4, -0.2) is 22.2 Å². The standard InChI is InChI=1S/C26H30N2O2/c1-19-22(8-5-9-25(19)21-6-3-2-4-7-21)18-30-26-15-10-20(17-28-26)16-27-23-11-13-24(29)14-12-23/h2-10,15,17,23-24,27,29H,11-14,16,18H2,1H3. The van der Waals surface area contributed by atoms with E-state index in [-0.39, 0.29) is 6.10 Å². The van der Waals surface area contributed by atoms with Crippen molar-refractivity contribution < 1.29 is 9.84 Å². The lowest BCUT2D eigenvalue weighted by atomic mass is 9.93. The Hall–Kier alpha value is -2.69. The van der Waals surface area contributed by atoms with Gasteiger partial charge in [-0.15, -0.1) is 0 Å². The highest BCUT2D eigenvalue weighted by atomic mass is 16.5. The molecule has 0 aliphatic heterocycles. The van der Waals surface area contributed by atoms with Gasteiger partial charge >= 0.3 is 0 Å². The summed E-state index contributed by atoms with van der Waals surface area (Å²) in [6.45, 7) is 3.45. The van der Waals surface area contributed by atoms with Crippen molar-refractivity contribution in [2.75, 3.05) is 0 Å². The topological polar surface area (TPSA) is 54.4 Å². The predicted molar refractivity (Wildman–Crippen MR) is 120 cm³/mol. The zero-order valence-corrected chi connectivity index (χ0v) is 17.6. The molecule has 1 saturated carbocycles. The number of hydrogen-bond acceptors (Lipinski definition) is 4. The quantitative estimate of drug-likeness (QED) is 0.582. The van der Waals surface area contributed by atoms with E-state index < -0.39 is 0 Å². The Labute approximate surface area is 179 Å². The van der Waals surface area contributed by atoms with Gasteiger partial charge in [0.05, 0.1) is 6.10 Å². The number of aliphatic hydroxyl groups is 1. The molecule has 2 N–H and O–H groups in total. The van der Waals surface area contributed by atoms with Crippen LogP contribution >= 0.6 is 0 Å². The molecule has 4 nitrogen and oxygen atoms in total. The normalized spacial score (nSPS) is 18.9. The third-order valence-corrected chi connectivity index (χ3v) is 6.00. The van der Waals surface area contributed by atoms with Gasteiger partial charge in [0, 0.05) is 24.8 Å². The molecule has 4 heteroatoms. The zero-order valence-electron chi connectivity index (χ0n) is 17.6. The van der Waals surface area contributed by atoms with Gasteiger partial charge in [0.2, 0.25) is 5.88 Å². The van der Waals surface area contributed by atoms with Gasteiger partial charge in [-0.2, -0.15) is 0 Å². The maximum atomic E-state index is 9.61. The molecule has 1 fully saturated rings. The first kappa shape index (κ1) is 20.6. The Morgan fingerprint density at radius 2 is 1.77 bits per heavy atom. The van der Waals surface area contributed by atoms with E-state index in [1.165, 1.54) is 22.3 Å². The Morgan fingerprint density at radius 3 is 2.50 bits per heavy atom. The number of hydrogen-bond donors (Lipinski definition) is 2. The first-order valence-corrected chi connectivity index (χ1v) is 10.8. The second kappa shape index (κ2) is 9.88. The van der Waals surface area contributed by atoms with Gasteiger partial charge in [0.15, 0.2) is 0 Å². The lowest BCUT2D eigenvalue weighted by Crippen LogP contribution is -2.34. The fourth-order valence-corrected chi connectivity index (χ4v) is 4.06. The fourth-order valence-electron chi connectivity index (χ4n) is 4.06. The summed E-state index contributed by atoms with van der Waals surface area (Å²) in [6, 6.07) is 21.3. The molecule has 3 aromatic rings. The number of nitrogens with one attached hydrogen (secondary N) is 1. The van der Waals surface area contributed by atoms with Crippen molar-refractivity contribution in [3.8, 4) is 17.0 Å². The first-order valence-electron chi connectivity index (χ1n) is 10.8. The van der Waals surface area contributed by atoms with E-state index in [1.807, 2.05) is 18.3 Å². The minimum atomic E-state index is -0.113. The predicted octanol–water partition coefficient (Wildman–Crippen LogP) is 5.03. The maximum Gasteiger partial charge on any atom is 0.213 e. The van der Waals surface area contributed by atoms with E-state index in [1.54, 1.807) is 0 Å². The molecule has 156 valence electrons. The summed E-state index contributed by atoms with van der Waals surface area (Å²) in [7, 11) is 0. The molecule has 30 heavy (non-hydrogen) atoms. The van der Waals surface area contributed by atoms with Gasteiger partial charge in [0.1, 0.15) is 6.61 Å². The summed E-state index contributed by atoms with van der Waals surface area (Å²) >= 11 is 0. The maximum absolute atomic E-state index is 9.61. The average Bonchev–Trinajstić information content (AvgIpc) is 2.79. The van der Waals surface area contributed by atoms with Crippen LogP contribution in [0, 0.1) is 6.92 Å². The largest absolute Gasteiger partial charge is 0.473 e. The minimum absolute atomic E-state index is 0.113. The lowest BCUT2D eigenvalue weighted by Gasteiger charge is -2.26. The second-order valence-corrected chi connectivity index (χ2v) is 8.14. The highest BCUT2D eigenvalue weighted by Gasteiger charge is 2.18. The van der Waals surface area contributed by atoms with Crippen LogP contribution in [0.5, 0.6) is 5.88 Å². The van der Waals surface area contributed by atoms with E-state index in [9.17, 15) is 5.11 Å². The lowest BCUT2D eigenvalue weighted by molar-refractivity contribution is 0.116. The third kappa shape index (κ3) is 5.26. The number of ether oxygens (including phenoxy) is 1. The first-order chi connectivity index (χ1) is 14.7. The number of aromatic nitrogens is 1. The monoisotopic (exact) mass is 402 g/mol. The van der Waals surface area contributed by atoms with Gasteiger partial charge in [-0.1, -0.05) is 54.6 Å². The molecule has 0 bridgehead atoms. The Balaban J connectivity index is 1.32. The van der Waals surface area contributed by atoms with Crippen LogP contribution < -0.4 is 10.1 Å². The molecule has 0 atom stereocenters. The summed E-state index contributed by atoms with van der Waals surface area (Å²) in [5.41, 5.74) is 6.02. The van der Waals surface area contributed by atoms with Gasteiger partial charge in [-0.05, 0) is 60.4 Å². The number of benzene rings is 2. The molecule has 1 heterocycles. The van der Waals surface area contributed by atoms with Crippen molar-refractivity contribution in [2.45, 2.75) is 57.9 Å². The molecule has 0 amide bonds. The Bertz CT molecular complexity index is 933. The average molecular weight is 403 g/mol. The molecule has 1 aliphatic carbocycles. The van der Waals surface area contributed by atoms with E-state index >= 15 is 0 Å². The van der Waals surface area contributed by atoms with Crippen molar-refractivity contribution in [1.29, 1.82) is 0 Å². The van der Waals surface area contributed by atoms with Crippen LogP contribution in [0.2, 0.25) is 0 Å². The van der Waals surface area contributed by atoms with Crippen LogP contribution in [-0.2, 0) is 13.2 Å². The van der Waals surface area contributed by atoms with Gasteiger partial charge in [-0.25, -0.2) is 4.98 Å². The zero-order chi connectivity index (χ0) is 20.8. The van der Waals surface area contributed by atoms with Crippen molar-refractivity contribution in [3.05, 3.63) is 83.6 Å². The number of aliphatic hydroxyl groups excluding tert-OH is 1. The molecular formula is C26H30N2O2. The van der Waals surface area contributed by atoms with Gasteiger partial charge in [0.25, 0.3) is 0 Å². The van der Waals surface area contributed by atoms with Crippen molar-refractivity contribution >= 4 is 0 Å². The summed E-state index contributed by atoms with van der Waals surface area (Å²) in [5, 5.41) is 13.2. The summed E-state index contributed by atoms with van der Waals surface area (Å²) < 4.78 is 5.97. The smallest absolute Gasteiger partial charge is 0.213 e. The van der Waals surface area contributed by atoms with Crippen LogP contribution in [0.25, 0.3) is 11.1 Å². The number of nitrogens with zero attached hydrogens (tertiary/aromatic N) is 1. The van der Waals surface area contributed by atoms with Crippen molar-refractivity contribution in [3.63, 3.8) is 0 Å². The van der Waals surface area contributed by atoms with Crippen LogP contribution in [0.4, 0.5) is 0 Å². The third-order valence-electron chi connectivity index (χ3n) is 6.00.